The summed E-state index contributed by atoms with van der Waals surface area (Å²) in [6, 6.07) is 14.3. The Morgan fingerprint density at radius 2 is 1.60 bits per heavy atom. The van der Waals surface area contributed by atoms with Crippen molar-refractivity contribution in [2.45, 2.75) is 10.3 Å². The second-order valence-electron chi connectivity index (χ2n) is 4.07. The van der Waals surface area contributed by atoms with Gasteiger partial charge < -0.3 is 5.32 Å². The van der Waals surface area contributed by atoms with Crippen LogP contribution in [0.2, 0.25) is 5.02 Å². The Bertz CT molecular complexity index is 684. The molecule has 1 unspecified atom stereocenters. The van der Waals surface area contributed by atoms with E-state index in [1.807, 2.05) is 0 Å². The summed E-state index contributed by atoms with van der Waals surface area (Å²) in [6.07, 6.45) is 0.380. The molecule has 4 nitrogen and oxygen atoms in total. The van der Waals surface area contributed by atoms with Gasteiger partial charge in [0.2, 0.25) is 16.2 Å². The number of rotatable bonds is 5. The summed E-state index contributed by atoms with van der Waals surface area (Å²) in [6.45, 7) is 0. The molecule has 0 saturated carbocycles. The molecule has 2 rings (SSSR count). The first-order valence-corrected chi connectivity index (χ1v) is 7.72. The van der Waals surface area contributed by atoms with Crippen LogP contribution in [0.1, 0.15) is 10.9 Å². The lowest BCUT2D eigenvalue weighted by Crippen LogP contribution is -2.27. The van der Waals surface area contributed by atoms with Gasteiger partial charge in [0, 0.05) is 5.02 Å². The van der Waals surface area contributed by atoms with Gasteiger partial charge in [-0.3, -0.25) is 4.79 Å². The molecule has 1 atom stereocenters. The summed E-state index contributed by atoms with van der Waals surface area (Å²) in [5.74, 6) is 0. The van der Waals surface area contributed by atoms with Crippen LogP contribution in [-0.4, -0.2) is 14.8 Å². The van der Waals surface area contributed by atoms with Gasteiger partial charge in [-0.25, -0.2) is 8.42 Å². The summed E-state index contributed by atoms with van der Waals surface area (Å²) in [7, 11) is -3.73. The highest BCUT2D eigenvalue weighted by atomic mass is 35.5. The quantitative estimate of drug-likeness (QED) is 0.863. The van der Waals surface area contributed by atoms with Crippen molar-refractivity contribution in [2.75, 3.05) is 0 Å². The zero-order valence-corrected chi connectivity index (χ0v) is 11.9. The van der Waals surface area contributed by atoms with Gasteiger partial charge >= 0.3 is 0 Å². The number of benzene rings is 2. The van der Waals surface area contributed by atoms with Gasteiger partial charge in [0.15, 0.2) is 5.37 Å². The van der Waals surface area contributed by atoms with E-state index in [0.717, 1.165) is 0 Å². The van der Waals surface area contributed by atoms with Gasteiger partial charge in [-0.1, -0.05) is 41.9 Å². The normalized spacial score (nSPS) is 12.7. The molecule has 0 bridgehead atoms. The van der Waals surface area contributed by atoms with Gasteiger partial charge in [0.1, 0.15) is 0 Å². The lowest BCUT2D eigenvalue weighted by atomic mass is 10.2. The number of hydrogen-bond donors (Lipinski definition) is 1. The zero-order valence-electron chi connectivity index (χ0n) is 10.4. The highest BCUT2D eigenvalue weighted by molar-refractivity contribution is 7.91. The predicted molar refractivity (Wildman–Crippen MR) is 77.0 cm³/mol. The van der Waals surface area contributed by atoms with Crippen LogP contribution >= 0.6 is 11.6 Å². The molecule has 0 spiro atoms. The van der Waals surface area contributed by atoms with Gasteiger partial charge in [-0.05, 0) is 29.8 Å². The molecule has 1 N–H and O–H groups in total. The van der Waals surface area contributed by atoms with E-state index in [1.165, 1.54) is 24.3 Å². The molecule has 20 heavy (non-hydrogen) atoms. The molecule has 0 aliphatic rings. The number of carbonyl (C=O) groups excluding carboxylic acids is 1. The molecule has 2 aromatic carbocycles. The average Bonchev–Trinajstić information content (AvgIpc) is 2.46. The monoisotopic (exact) mass is 309 g/mol. The molecule has 1 amide bonds. The number of amides is 1. The minimum absolute atomic E-state index is 0.102. The molecule has 0 aliphatic heterocycles. The molecule has 0 radical (unpaired) electrons. The highest BCUT2D eigenvalue weighted by Gasteiger charge is 2.28. The zero-order chi connectivity index (χ0) is 14.6. The van der Waals surface area contributed by atoms with Crippen LogP contribution in [-0.2, 0) is 14.6 Å². The molecule has 0 fully saturated rings. The van der Waals surface area contributed by atoms with Gasteiger partial charge in [0.25, 0.3) is 0 Å². The minimum atomic E-state index is -3.73. The molecular formula is C14H12ClNO3S. The second-order valence-corrected chi connectivity index (χ2v) is 6.54. The van der Waals surface area contributed by atoms with Crippen molar-refractivity contribution in [3.63, 3.8) is 0 Å². The van der Waals surface area contributed by atoms with Crippen molar-refractivity contribution in [1.29, 1.82) is 0 Å². The third-order valence-electron chi connectivity index (χ3n) is 2.77. The van der Waals surface area contributed by atoms with Crippen molar-refractivity contribution in [3.8, 4) is 0 Å². The fraction of sp³-hybridized carbons (Fsp3) is 0.0714. The van der Waals surface area contributed by atoms with Crippen molar-refractivity contribution in [3.05, 3.63) is 65.2 Å². The lowest BCUT2D eigenvalue weighted by Gasteiger charge is -2.17. The topological polar surface area (TPSA) is 63.2 Å². The number of nitrogens with one attached hydrogen (secondary N) is 1. The summed E-state index contributed by atoms with van der Waals surface area (Å²) in [5, 5.41) is 1.68. The van der Waals surface area contributed by atoms with Gasteiger partial charge in [0.05, 0.1) is 4.90 Å². The number of hydrogen-bond acceptors (Lipinski definition) is 3. The number of carbonyl (C=O) groups is 1. The van der Waals surface area contributed by atoms with Crippen LogP contribution < -0.4 is 5.32 Å². The van der Waals surface area contributed by atoms with Gasteiger partial charge in [-0.15, -0.1) is 0 Å². The molecule has 2 aromatic rings. The molecule has 0 aliphatic carbocycles. The summed E-state index contributed by atoms with van der Waals surface area (Å²) in [4.78, 5) is 10.8. The first kappa shape index (κ1) is 14.6. The van der Waals surface area contributed by atoms with Crippen LogP contribution in [0.25, 0.3) is 0 Å². The van der Waals surface area contributed by atoms with E-state index in [4.69, 9.17) is 11.6 Å². The van der Waals surface area contributed by atoms with Crippen LogP contribution in [0.5, 0.6) is 0 Å². The Labute approximate surface area is 122 Å². The molecule has 6 heteroatoms. The summed E-state index contributed by atoms with van der Waals surface area (Å²) in [5.41, 5.74) is 0.495. The molecular weight excluding hydrogens is 298 g/mol. The fourth-order valence-electron chi connectivity index (χ4n) is 1.81. The molecule has 0 aromatic heterocycles. The molecule has 104 valence electrons. The fourth-order valence-corrected chi connectivity index (χ4v) is 3.48. The van der Waals surface area contributed by atoms with E-state index in [-0.39, 0.29) is 4.90 Å². The van der Waals surface area contributed by atoms with E-state index in [9.17, 15) is 13.2 Å². The van der Waals surface area contributed by atoms with Crippen molar-refractivity contribution >= 4 is 27.8 Å². The van der Waals surface area contributed by atoms with E-state index in [0.29, 0.717) is 17.0 Å². The Balaban J connectivity index is 2.48. The van der Waals surface area contributed by atoms with E-state index in [2.05, 4.69) is 5.32 Å². The first-order chi connectivity index (χ1) is 9.55. The maximum Gasteiger partial charge on any atom is 0.208 e. The van der Waals surface area contributed by atoms with Crippen LogP contribution in [0.3, 0.4) is 0 Å². The van der Waals surface area contributed by atoms with Crippen molar-refractivity contribution in [2.24, 2.45) is 0 Å². The predicted octanol–water partition coefficient (Wildman–Crippen LogP) is 2.56. The van der Waals surface area contributed by atoms with E-state index >= 15 is 0 Å². The Kier molecular flexibility index (Phi) is 4.42. The highest BCUT2D eigenvalue weighted by Crippen LogP contribution is 2.27. The smallest absolute Gasteiger partial charge is 0.208 e. The minimum Gasteiger partial charge on any atom is -0.338 e. The largest absolute Gasteiger partial charge is 0.338 e. The third kappa shape index (κ3) is 3.00. The SMILES string of the molecule is O=CNC(c1ccccc1)S(=O)(=O)c1ccc(Cl)cc1. The second kappa shape index (κ2) is 6.07. The lowest BCUT2D eigenvalue weighted by molar-refractivity contribution is -0.109. The summed E-state index contributed by atoms with van der Waals surface area (Å²) < 4.78 is 25.1. The Hall–Kier alpha value is -1.85. The van der Waals surface area contributed by atoms with Crippen LogP contribution in [0, 0.1) is 0 Å². The summed E-state index contributed by atoms with van der Waals surface area (Å²) >= 11 is 5.75. The Morgan fingerprint density at radius 3 is 2.15 bits per heavy atom. The number of halogens is 1. The molecule has 0 heterocycles. The van der Waals surface area contributed by atoms with Crippen LogP contribution in [0.4, 0.5) is 0 Å². The maximum atomic E-state index is 12.6. The van der Waals surface area contributed by atoms with Gasteiger partial charge in [-0.2, -0.15) is 0 Å². The third-order valence-corrected chi connectivity index (χ3v) is 4.98. The maximum absolute atomic E-state index is 12.6. The van der Waals surface area contributed by atoms with E-state index < -0.39 is 15.2 Å². The molecule has 0 saturated heterocycles. The standard InChI is InChI=1S/C14H12ClNO3S/c15-12-6-8-13(9-7-12)20(18,19)14(16-10-17)11-4-2-1-3-5-11/h1-10,14H,(H,16,17). The van der Waals surface area contributed by atoms with Crippen molar-refractivity contribution < 1.29 is 13.2 Å². The Morgan fingerprint density at radius 1 is 1.00 bits per heavy atom. The van der Waals surface area contributed by atoms with Crippen LogP contribution in [0.15, 0.2) is 59.5 Å². The van der Waals surface area contributed by atoms with Crippen molar-refractivity contribution in [1.82, 2.24) is 5.32 Å². The van der Waals surface area contributed by atoms with E-state index in [1.54, 1.807) is 30.3 Å². The number of sulfone groups is 1. The first-order valence-electron chi connectivity index (χ1n) is 5.80. The average molecular weight is 310 g/mol.